The van der Waals surface area contributed by atoms with Gasteiger partial charge < -0.3 is 11.1 Å². The molecule has 0 fully saturated rings. The lowest BCUT2D eigenvalue weighted by Crippen LogP contribution is -2.15. The summed E-state index contributed by atoms with van der Waals surface area (Å²) in [6, 6.07) is 3.61. The summed E-state index contributed by atoms with van der Waals surface area (Å²) in [6.07, 6.45) is 1.61. The smallest absolute Gasteiger partial charge is 0.143 e. The van der Waals surface area contributed by atoms with Crippen LogP contribution < -0.4 is 11.1 Å². The van der Waals surface area contributed by atoms with Crippen LogP contribution in [0.3, 0.4) is 0 Å². The topological polar surface area (TPSA) is 74.8 Å². The maximum atomic E-state index is 7.15. The summed E-state index contributed by atoms with van der Waals surface area (Å²) in [6.45, 7) is 0. The predicted octanol–water partition coefficient (Wildman–Crippen LogP) is 0.407. The van der Waals surface area contributed by atoms with Gasteiger partial charge in [-0.3, -0.25) is 10.4 Å². The fourth-order valence-electron chi connectivity index (χ4n) is 0.822. The van der Waals surface area contributed by atoms with Gasteiger partial charge in [0.1, 0.15) is 11.5 Å². The van der Waals surface area contributed by atoms with E-state index in [2.05, 4.69) is 10.3 Å². The Morgan fingerprint density at radius 3 is 2.91 bits per heavy atom. The van der Waals surface area contributed by atoms with Crippen LogP contribution in [0.2, 0.25) is 0 Å². The maximum absolute atomic E-state index is 7.15. The standard InChI is InChI=1S/C7H10N4/c1-10-5-3-2-4-11-6(5)7(8)9/h2-4,10H,1H3,(H3,8,9). The van der Waals surface area contributed by atoms with Gasteiger partial charge in [0.15, 0.2) is 0 Å². The Labute approximate surface area is 65.0 Å². The van der Waals surface area contributed by atoms with Crippen LogP contribution in [0.15, 0.2) is 18.3 Å². The van der Waals surface area contributed by atoms with Crippen molar-refractivity contribution in [1.82, 2.24) is 4.98 Å². The van der Waals surface area contributed by atoms with Crippen LogP contribution in [0, 0.1) is 5.41 Å². The molecule has 0 aliphatic heterocycles. The number of pyridine rings is 1. The van der Waals surface area contributed by atoms with Crippen molar-refractivity contribution in [1.29, 1.82) is 5.41 Å². The molecule has 0 aliphatic carbocycles. The average Bonchev–Trinajstić information content (AvgIpc) is 2.04. The first-order valence-corrected chi connectivity index (χ1v) is 3.23. The quantitative estimate of drug-likeness (QED) is 0.422. The third-order valence-electron chi connectivity index (χ3n) is 1.33. The van der Waals surface area contributed by atoms with Gasteiger partial charge in [-0.1, -0.05) is 0 Å². The van der Waals surface area contributed by atoms with Crippen LogP contribution in [0.4, 0.5) is 5.69 Å². The molecule has 0 atom stereocenters. The number of hydrogen-bond acceptors (Lipinski definition) is 3. The van der Waals surface area contributed by atoms with Crippen LogP contribution in [0.1, 0.15) is 5.69 Å². The summed E-state index contributed by atoms with van der Waals surface area (Å²) >= 11 is 0. The summed E-state index contributed by atoms with van der Waals surface area (Å²) in [4.78, 5) is 3.94. The van der Waals surface area contributed by atoms with Gasteiger partial charge in [0.25, 0.3) is 0 Å². The van der Waals surface area contributed by atoms with E-state index >= 15 is 0 Å². The Morgan fingerprint density at radius 2 is 2.45 bits per heavy atom. The molecule has 0 amide bonds. The molecule has 4 N–H and O–H groups in total. The number of nitrogens with one attached hydrogen (secondary N) is 2. The van der Waals surface area contributed by atoms with Gasteiger partial charge in [-0.15, -0.1) is 0 Å². The molecule has 58 valence electrons. The normalized spacial score (nSPS) is 9.18. The Kier molecular flexibility index (Phi) is 2.06. The fourth-order valence-corrected chi connectivity index (χ4v) is 0.822. The van der Waals surface area contributed by atoms with E-state index in [4.69, 9.17) is 11.1 Å². The van der Waals surface area contributed by atoms with Crippen molar-refractivity contribution in [2.75, 3.05) is 12.4 Å². The Bertz CT molecular complexity index is 269. The molecule has 0 aromatic carbocycles. The monoisotopic (exact) mass is 150 g/mol. The van der Waals surface area contributed by atoms with Crippen LogP contribution in [0.25, 0.3) is 0 Å². The van der Waals surface area contributed by atoms with Gasteiger partial charge >= 0.3 is 0 Å². The summed E-state index contributed by atoms with van der Waals surface area (Å²) < 4.78 is 0. The van der Waals surface area contributed by atoms with Gasteiger partial charge in [0, 0.05) is 13.2 Å². The second-order valence-electron chi connectivity index (χ2n) is 2.06. The molecular formula is C7H10N4. The third-order valence-corrected chi connectivity index (χ3v) is 1.33. The minimum Gasteiger partial charge on any atom is -0.386 e. The molecule has 4 nitrogen and oxygen atoms in total. The van der Waals surface area contributed by atoms with Crippen LogP contribution >= 0.6 is 0 Å². The highest BCUT2D eigenvalue weighted by Gasteiger charge is 2.02. The highest BCUT2D eigenvalue weighted by molar-refractivity contribution is 5.98. The second-order valence-corrected chi connectivity index (χ2v) is 2.06. The number of aromatic nitrogens is 1. The van der Waals surface area contributed by atoms with Gasteiger partial charge in [0.05, 0.1) is 5.69 Å². The molecule has 0 radical (unpaired) electrons. The summed E-state index contributed by atoms with van der Waals surface area (Å²) in [5.41, 5.74) is 6.54. The molecule has 1 heterocycles. The van der Waals surface area contributed by atoms with Crippen molar-refractivity contribution < 1.29 is 0 Å². The molecule has 0 spiro atoms. The number of nitrogens with zero attached hydrogens (tertiary/aromatic N) is 1. The van der Waals surface area contributed by atoms with Crippen molar-refractivity contribution in [3.8, 4) is 0 Å². The summed E-state index contributed by atoms with van der Waals surface area (Å²) in [7, 11) is 1.77. The molecule has 4 heteroatoms. The first kappa shape index (κ1) is 7.53. The molecule has 1 aromatic rings. The zero-order chi connectivity index (χ0) is 8.27. The summed E-state index contributed by atoms with van der Waals surface area (Å²) in [5.74, 6) is -0.0186. The number of rotatable bonds is 2. The first-order chi connectivity index (χ1) is 5.25. The van der Waals surface area contributed by atoms with Crippen LogP contribution in [0.5, 0.6) is 0 Å². The Balaban J connectivity index is 3.12. The number of anilines is 1. The lowest BCUT2D eigenvalue weighted by atomic mass is 10.3. The van der Waals surface area contributed by atoms with Crippen molar-refractivity contribution in [2.45, 2.75) is 0 Å². The van der Waals surface area contributed by atoms with Gasteiger partial charge in [-0.05, 0) is 12.1 Å². The maximum Gasteiger partial charge on any atom is 0.143 e. The predicted molar refractivity (Wildman–Crippen MR) is 44.8 cm³/mol. The molecule has 11 heavy (non-hydrogen) atoms. The van der Waals surface area contributed by atoms with Crippen molar-refractivity contribution >= 4 is 11.5 Å². The molecule has 0 saturated heterocycles. The number of amidine groups is 1. The molecule has 0 saturated carbocycles. The summed E-state index contributed by atoms with van der Waals surface area (Å²) in [5, 5.41) is 10.0. The zero-order valence-corrected chi connectivity index (χ0v) is 6.26. The Morgan fingerprint density at radius 1 is 1.73 bits per heavy atom. The molecule has 0 aliphatic rings. The van der Waals surface area contributed by atoms with E-state index < -0.39 is 0 Å². The zero-order valence-electron chi connectivity index (χ0n) is 6.26. The van der Waals surface area contributed by atoms with E-state index in [1.54, 1.807) is 19.3 Å². The average molecular weight is 150 g/mol. The highest BCUT2D eigenvalue weighted by atomic mass is 14.9. The Hall–Kier alpha value is -1.58. The van der Waals surface area contributed by atoms with E-state index in [0.717, 1.165) is 5.69 Å². The van der Waals surface area contributed by atoms with E-state index in [1.807, 2.05) is 6.07 Å². The lowest BCUT2D eigenvalue weighted by molar-refractivity contribution is 1.24. The first-order valence-electron chi connectivity index (χ1n) is 3.23. The third kappa shape index (κ3) is 1.46. The van der Waals surface area contributed by atoms with Crippen molar-refractivity contribution in [3.05, 3.63) is 24.0 Å². The van der Waals surface area contributed by atoms with E-state index in [-0.39, 0.29) is 5.84 Å². The fraction of sp³-hybridized carbons (Fsp3) is 0.143. The van der Waals surface area contributed by atoms with E-state index in [1.165, 1.54) is 0 Å². The highest BCUT2D eigenvalue weighted by Crippen LogP contribution is 2.08. The SMILES string of the molecule is CNc1cccnc1C(=N)N. The van der Waals surface area contributed by atoms with Crippen LogP contribution in [-0.4, -0.2) is 17.9 Å². The number of hydrogen-bond donors (Lipinski definition) is 3. The molecule has 1 rings (SSSR count). The minimum absolute atomic E-state index is 0.0186. The van der Waals surface area contributed by atoms with E-state index in [0.29, 0.717) is 5.69 Å². The minimum atomic E-state index is -0.0186. The molecule has 0 unspecified atom stereocenters. The lowest BCUT2D eigenvalue weighted by Gasteiger charge is -2.04. The van der Waals surface area contributed by atoms with E-state index in [9.17, 15) is 0 Å². The van der Waals surface area contributed by atoms with Gasteiger partial charge in [-0.25, -0.2) is 0 Å². The van der Waals surface area contributed by atoms with Gasteiger partial charge in [0.2, 0.25) is 0 Å². The van der Waals surface area contributed by atoms with Crippen molar-refractivity contribution in [2.24, 2.45) is 5.73 Å². The second kappa shape index (κ2) is 3.01. The molecular weight excluding hydrogens is 140 g/mol. The molecule has 0 bridgehead atoms. The molecule has 1 aromatic heterocycles. The number of nitrogen functional groups attached to an aromatic ring is 1. The largest absolute Gasteiger partial charge is 0.386 e. The van der Waals surface area contributed by atoms with Crippen LogP contribution in [-0.2, 0) is 0 Å². The number of nitrogens with two attached hydrogens (primary N) is 1. The van der Waals surface area contributed by atoms with Gasteiger partial charge in [-0.2, -0.15) is 0 Å². The van der Waals surface area contributed by atoms with Crippen molar-refractivity contribution in [3.63, 3.8) is 0 Å².